The van der Waals surface area contributed by atoms with E-state index in [-0.39, 0.29) is 5.91 Å². The van der Waals surface area contributed by atoms with Gasteiger partial charge in [0.25, 0.3) is 0 Å². The first kappa shape index (κ1) is 11.5. The van der Waals surface area contributed by atoms with Crippen LogP contribution in [0.4, 0.5) is 0 Å². The highest BCUT2D eigenvalue weighted by molar-refractivity contribution is 5.75. The normalized spacial score (nSPS) is 13.1. The summed E-state index contributed by atoms with van der Waals surface area (Å²) < 4.78 is 0. The Morgan fingerprint density at radius 2 is 2.00 bits per heavy atom. The molecule has 0 fully saturated rings. The second-order valence-electron chi connectivity index (χ2n) is 3.78. The van der Waals surface area contributed by atoms with E-state index in [2.05, 4.69) is 26.1 Å². The molecule has 0 rings (SSSR count). The summed E-state index contributed by atoms with van der Waals surface area (Å²) in [5, 5.41) is 2.66. The number of amides is 1. The molecule has 1 N–H and O–H groups in total. The van der Waals surface area contributed by atoms with Crippen LogP contribution in [0.15, 0.2) is 0 Å². The van der Waals surface area contributed by atoms with Gasteiger partial charge in [0, 0.05) is 13.5 Å². The van der Waals surface area contributed by atoms with Crippen molar-refractivity contribution in [2.24, 2.45) is 11.8 Å². The summed E-state index contributed by atoms with van der Waals surface area (Å²) in [6.45, 7) is 6.55. The Kier molecular flexibility index (Phi) is 5.77. The fourth-order valence-electron chi connectivity index (χ4n) is 1.43. The molecule has 2 nitrogen and oxygen atoms in total. The number of rotatable bonds is 5. The first-order valence-electron chi connectivity index (χ1n) is 4.80. The monoisotopic (exact) mass is 171 g/mol. The summed E-state index contributed by atoms with van der Waals surface area (Å²) in [5.41, 5.74) is 0. The van der Waals surface area contributed by atoms with E-state index in [4.69, 9.17) is 0 Å². The molecule has 1 unspecified atom stereocenters. The van der Waals surface area contributed by atoms with Crippen molar-refractivity contribution in [3.8, 4) is 0 Å². The van der Waals surface area contributed by atoms with E-state index >= 15 is 0 Å². The summed E-state index contributed by atoms with van der Waals surface area (Å²) >= 11 is 0. The van der Waals surface area contributed by atoms with Crippen LogP contribution in [0, 0.1) is 11.8 Å². The van der Waals surface area contributed by atoms with Gasteiger partial charge in [-0.05, 0) is 18.3 Å². The van der Waals surface area contributed by atoms with Gasteiger partial charge < -0.3 is 5.32 Å². The van der Waals surface area contributed by atoms with Gasteiger partial charge in [-0.2, -0.15) is 0 Å². The Morgan fingerprint density at radius 3 is 2.33 bits per heavy atom. The third-order valence-electron chi connectivity index (χ3n) is 2.13. The maximum absolute atomic E-state index is 11.1. The second kappa shape index (κ2) is 6.04. The van der Waals surface area contributed by atoms with E-state index < -0.39 is 0 Å². The molecule has 2 heteroatoms. The van der Waals surface area contributed by atoms with Gasteiger partial charge in [-0.3, -0.25) is 4.79 Å². The lowest BCUT2D eigenvalue weighted by molar-refractivity contribution is -0.121. The average Bonchev–Trinajstić information content (AvgIpc) is 2.02. The van der Waals surface area contributed by atoms with E-state index in [1.165, 1.54) is 0 Å². The third kappa shape index (κ3) is 5.16. The highest BCUT2D eigenvalue weighted by Gasteiger charge is 2.12. The Bertz CT molecular complexity index is 132. The van der Waals surface area contributed by atoms with Crippen LogP contribution in [0.5, 0.6) is 0 Å². The molecule has 1 amide bonds. The molecule has 72 valence electrons. The van der Waals surface area contributed by atoms with E-state index in [9.17, 15) is 4.79 Å². The molecule has 0 radical (unpaired) electrons. The largest absolute Gasteiger partial charge is 0.359 e. The summed E-state index contributed by atoms with van der Waals surface area (Å²) in [6.07, 6.45) is 2.95. The molecular formula is C10H21NO. The number of carbonyl (C=O) groups excluding carboxylic acids is 1. The third-order valence-corrected chi connectivity index (χ3v) is 2.13. The maximum Gasteiger partial charge on any atom is 0.220 e. The molecule has 0 bridgehead atoms. The van der Waals surface area contributed by atoms with Crippen LogP contribution in [-0.2, 0) is 4.79 Å². The maximum atomic E-state index is 11.1. The molecule has 0 saturated carbocycles. The molecule has 0 aliphatic heterocycles. The number of hydrogen-bond acceptors (Lipinski definition) is 1. The van der Waals surface area contributed by atoms with Gasteiger partial charge in [-0.1, -0.05) is 27.2 Å². The van der Waals surface area contributed by atoms with E-state index in [1.807, 2.05) is 0 Å². The number of nitrogens with one attached hydrogen (secondary N) is 1. The smallest absolute Gasteiger partial charge is 0.220 e. The predicted molar refractivity (Wildman–Crippen MR) is 51.9 cm³/mol. The zero-order chi connectivity index (χ0) is 9.56. The predicted octanol–water partition coefficient (Wildman–Crippen LogP) is 2.19. The fraction of sp³-hybridized carbons (Fsp3) is 0.900. The fourth-order valence-corrected chi connectivity index (χ4v) is 1.43. The molecule has 0 aliphatic carbocycles. The Hall–Kier alpha value is -0.530. The zero-order valence-electron chi connectivity index (χ0n) is 8.68. The first-order valence-corrected chi connectivity index (χ1v) is 4.80. The summed E-state index contributed by atoms with van der Waals surface area (Å²) in [4.78, 5) is 11.1. The molecule has 0 aliphatic rings. The Morgan fingerprint density at radius 1 is 1.42 bits per heavy atom. The van der Waals surface area contributed by atoms with Crippen molar-refractivity contribution in [2.45, 2.75) is 40.0 Å². The van der Waals surface area contributed by atoms with Crippen molar-refractivity contribution in [2.75, 3.05) is 7.05 Å². The standard InChI is InChI=1S/C10H21NO/c1-5-9(6-8(2)3)7-10(12)11-4/h8-9H,5-7H2,1-4H3,(H,11,12). The SMILES string of the molecule is CCC(CC(=O)NC)CC(C)C. The quantitative estimate of drug-likeness (QED) is 0.675. The van der Waals surface area contributed by atoms with Crippen LogP contribution in [0.25, 0.3) is 0 Å². The van der Waals surface area contributed by atoms with Crippen LogP contribution in [0.3, 0.4) is 0 Å². The van der Waals surface area contributed by atoms with Crippen molar-refractivity contribution < 1.29 is 4.79 Å². The van der Waals surface area contributed by atoms with Crippen molar-refractivity contribution in [1.82, 2.24) is 5.32 Å². The van der Waals surface area contributed by atoms with Gasteiger partial charge in [0.2, 0.25) is 5.91 Å². The Balaban J connectivity index is 3.74. The van der Waals surface area contributed by atoms with Gasteiger partial charge >= 0.3 is 0 Å². The van der Waals surface area contributed by atoms with Gasteiger partial charge in [0.15, 0.2) is 0 Å². The number of hydrogen-bond donors (Lipinski definition) is 1. The molecular weight excluding hydrogens is 150 g/mol. The van der Waals surface area contributed by atoms with Crippen LogP contribution >= 0.6 is 0 Å². The van der Waals surface area contributed by atoms with E-state index in [1.54, 1.807) is 7.05 Å². The van der Waals surface area contributed by atoms with Crippen LogP contribution in [0.1, 0.15) is 40.0 Å². The highest BCUT2D eigenvalue weighted by Crippen LogP contribution is 2.18. The molecule has 0 aromatic rings. The average molecular weight is 171 g/mol. The minimum atomic E-state index is 0.169. The Labute approximate surface area is 75.7 Å². The molecule has 12 heavy (non-hydrogen) atoms. The second-order valence-corrected chi connectivity index (χ2v) is 3.78. The molecule has 0 saturated heterocycles. The van der Waals surface area contributed by atoms with Crippen molar-refractivity contribution in [3.05, 3.63) is 0 Å². The topological polar surface area (TPSA) is 29.1 Å². The zero-order valence-corrected chi connectivity index (χ0v) is 8.68. The molecule has 0 aromatic carbocycles. The lowest BCUT2D eigenvalue weighted by atomic mass is 9.92. The lowest BCUT2D eigenvalue weighted by Crippen LogP contribution is -2.21. The summed E-state index contributed by atoms with van der Waals surface area (Å²) in [7, 11) is 1.70. The molecule has 1 atom stereocenters. The van der Waals surface area contributed by atoms with Crippen molar-refractivity contribution in [1.29, 1.82) is 0 Å². The first-order chi connectivity index (χ1) is 5.60. The van der Waals surface area contributed by atoms with Crippen molar-refractivity contribution >= 4 is 5.91 Å². The van der Waals surface area contributed by atoms with E-state index in [0.29, 0.717) is 18.3 Å². The molecule has 0 spiro atoms. The minimum Gasteiger partial charge on any atom is -0.359 e. The van der Waals surface area contributed by atoms with Gasteiger partial charge in [0.1, 0.15) is 0 Å². The van der Waals surface area contributed by atoms with Crippen LogP contribution in [-0.4, -0.2) is 13.0 Å². The summed E-state index contributed by atoms with van der Waals surface area (Å²) in [6, 6.07) is 0. The highest BCUT2D eigenvalue weighted by atomic mass is 16.1. The van der Waals surface area contributed by atoms with Crippen LogP contribution < -0.4 is 5.32 Å². The van der Waals surface area contributed by atoms with Gasteiger partial charge in [-0.15, -0.1) is 0 Å². The number of carbonyl (C=O) groups is 1. The minimum absolute atomic E-state index is 0.169. The van der Waals surface area contributed by atoms with Gasteiger partial charge in [-0.25, -0.2) is 0 Å². The molecule has 0 heterocycles. The van der Waals surface area contributed by atoms with E-state index in [0.717, 1.165) is 12.8 Å². The summed E-state index contributed by atoms with van der Waals surface area (Å²) in [5.74, 6) is 1.42. The van der Waals surface area contributed by atoms with Gasteiger partial charge in [0.05, 0.1) is 0 Å². The van der Waals surface area contributed by atoms with Crippen molar-refractivity contribution in [3.63, 3.8) is 0 Å². The lowest BCUT2D eigenvalue weighted by Gasteiger charge is -2.15. The van der Waals surface area contributed by atoms with Crippen LogP contribution in [0.2, 0.25) is 0 Å². The molecule has 0 aromatic heterocycles.